The number of hydrogen-bond acceptors (Lipinski definition) is 5. The number of allylic oxidation sites excluding steroid dienone is 2. The fraction of sp³-hybridized carbons (Fsp3) is 0.259. The molecule has 1 aliphatic carbocycles. The molecule has 0 amide bonds. The molecule has 0 saturated heterocycles. The Hall–Kier alpha value is -3.66. The summed E-state index contributed by atoms with van der Waals surface area (Å²) >= 11 is 0. The van der Waals surface area contributed by atoms with Crippen molar-refractivity contribution in [3.8, 4) is 11.5 Å². The molecule has 3 atom stereocenters. The lowest BCUT2D eigenvalue weighted by molar-refractivity contribution is -0.138. The van der Waals surface area contributed by atoms with E-state index in [0.717, 1.165) is 11.6 Å². The van der Waals surface area contributed by atoms with Gasteiger partial charge in [-0.2, -0.15) is 13.2 Å². The monoisotopic (exact) mass is 530 g/mol. The standard InChI is InChI=1S/C27H25F3N2O4S/c1-35-16-10-12-24(25(14-16)36-2)32-37(33,34)17-11-13-23-21(15-17)18-7-5-8-19(18)26(31-23)20-6-3-4-9-22(20)27(28,29)30/h3-7,9-15,18-19,26,31-32H,8H2,1-2H3/t18-,19+,26-/m0/s1. The van der Waals surface area contributed by atoms with Gasteiger partial charge in [-0.05, 0) is 59.9 Å². The first-order valence-corrected chi connectivity index (χ1v) is 13.1. The molecule has 2 N–H and O–H groups in total. The van der Waals surface area contributed by atoms with E-state index in [4.69, 9.17) is 9.47 Å². The third kappa shape index (κ3) is 4.61. The van der Waals surface area contributed by atoms with Crippen molar-refractivity contribution in [2.24, 2.45) is 5.92 Å². The SMILES string of the molecule is COc1ccc(NS(=O)(=O)c2ccc3c(c2)[C@H]2C=CC[C@H]2[C@@H](c2ccccc2C(F)(F)F)N3)c(OC)c1. The number of nitrogens with one attached hydrogen (secondary N) is 2. The topological polar surface area (TPSA) is 76.7 Å². The Kier molecular flexibility index (Phi) is 6.31. The van der Waals surface area contributed by atoms with Crippen molar-refractivity contribution in [2.75, 3.05) is 24.3 Å². The normalized spacial score (nSPS) is 20.5. The second kappa shape index (κ2) is 9.33. The molecule has 194 valence electrons. The lowest BCUT2D eigenvalue weighted by atomic mass is 9.76. The number of rotatable bonds is 6. The molecule has 0 unspecified atom stereocenters. The zero-order chi connectivity index (χ0) is 26.4. The summed E-state index contributed by atoms with van der Waals surface area (Å²) in [5.41, 5.74) is 1.10. The smallest absolute Gasteiger partial charge is 0.416 e. The van der Waals surface area contributed by atoms with Gasteiger partial charge in [-0.3, -0.25) is 4.72 Å². The van der Waals surface area contributed by atoms with Crippen LogP contribution in [0.5, 0.6) is 11.5 Å². The van der Waals surface area contributed by atoms with Gasteiger partial charge in [-0.25, -0.2) is 8.42 Å². The highest BCUT2D eigenvalue weighted by atomic mass is 32.2. The molecule has 0 fully saturated rings. The third-order valence-corrected chi connectivity index (χ3v) is 8.26. The van der Waals surface area contributed by atoms with Crippen molar-refractivity contribution in [2.45, 2.75) is 29.5 Å². The predicted molar refractivity (Wildman–Crippen MR) is 135 cm³/mol. The number of sulfonamides is 1. The second-order valence-electron chi connectivity index (χ2n) is 8.98. The Labute approximate surface area is 213 Å². The van der Waals surface area contributed by atoms with E-state index in [9.17, 15) is 21.6 Å². The first kappa shape index (κ1) is 25.0. The second-order valence-corrected chi connectivity index (χ2v) is 10.7. The number of fused-ring (bicyclic) bond motifs is 3. The highest BCUT2D eigenvalue weighted by Gasteiger charge is 2.42. The Balaban J connectivity index is 1.50. The van der Waals surface area contributed by atoms with E-state index < -0.39 is 27.8 Å². The fourth-order valence-corrected chi connectivity index (χ4v) is 6.27. The molecule has 0 spiro atoms. The highest BCUT2D eigenvalue weighted by Crippen LogP contribution is 2.52. The number of benzene rings is 3. The van der Waals surface area contributed by atoms with Crippen LogP contribution in [-0.4, -0.2) is 22.6 Å². The summed E-state index contributed by atoms with van der Waals surface area (Å²) in [7, 11) is -1.07. The molecule has 0 bridgehead atoms. The van der Waals surface area contributed by atoms with Gasteiger partial charge in [0, 0.05) is 17.7 Å². The number of hydrogen-bond donors (Lipinski definition) is 2. The molecule has 37 heavy (non-hydrogen) atoms. The van der Waals surface area contributed by atoms with Crippen LogP contribution >= 0.6 is 0 Å². The van der Waals surface area contributed by atoms with Gasteiger partial charge in [0.25, 0.3) is 10.0 Å². The zero-order valence-corrected chi connectivity index (χ0v) is 20.9. The number of ether oxygens (including phenoxy) is 2. The molecule has 0 radical (unpaired) electrons. The molecule has 0 aromatic heterocycles. The fourth-order valence-electron chi connectivity index (χ4n) is 5.16. The van der Waals surface area contributed by atoms with Crippen molar-refractivity contribution in [1.29, 1.82) is 0 Å². The van der Waals surface area contributed by atoms with Crippen molar-refractivity contribution >= 4 is 21.4 Å². The summed E-state index contributed by atoms with van der Waals surface area (Å²) in [5.74, 6) is 0.393. The molecule has 3 aromatic carbocycles. The lowest BCUT2D eigenvalue weighted by Crippen LogP contribution is -2.31. The van der Waals surface area contributed by atoms with Crippen molar-refractivity contribution < 1.29 is 31.1 Å². The van der Waals surface area contributed by atoms with Gasteiger partial charge in [-0.15, -0.1) is 0 Å². The van der Waals surface area contributed by atoms with Crippen LogP contribution in [-0.2, 0) is 16.2 Å². The Morgan fingerprint density at radius 1 is 0.973 bits per heavy atom. The van der Waals surface area contributed by atoms with Crippen LogP contribution in [0.3, 0.4) is 0 Å². The predicted octanol–water partition coefficient (Wildman–Crippen LogP) is 6.35. The molecule has 1 aliphatic heterocycles. The maximum absolute atomic E-state index is 13.8. The summed E-state index contributed by atoms with van der Waals surface area (Å²) in [6.07, 6.45) is -0.0146. The maximum Gasteiger partial charge on any atom is 0.416 e. The number of methoxy groups -OCH3 is 2. The van der Waals surface area contributed by atoms with E-state index >= 15 is 0 Å². The minimum Gasteiger partial charge on any atom is -0.497 e. The van der Waals surface area contributed by atoms with Crippen molar-refractivity contribution in [3.63, 3.8) is 0 Å². The largest absolute Gasteiger partial charge is 0.497 e. The molecule has 3 aromatic rings. The van der Waals surface area contributed by atoms with Crippen LogP contribution < -0.4 is 19.5 Å². The van der Waals surface area contributed by atoms with Crippen molar-refractivity contribution in [3.05, 3.63) is 89.5 Å². The molecule has 0 saturated carbocycles. The Bertz CT molecular complexity index is 1470. The minimum atomic E-state index is -4.48. The first-order valence-electron chi connectivity index (χ1n) is 11.6. The van der Waals surface area contributed by atoms with Gasteiger partial charge in [0.1, 0.15) is 11.5 Å². The molecule has 6 nitrogen and oxygen atoms in total. The quantitative estimate of drug-likeness (QED) is 0.363. The molecule has 1 heterocycles. The van der Waals surface area contributed by atoms with E-state index in [1.54, 1.807) is 36.4 Å². The molecular weight excluding hydrogens is 505 g/mol. The Morgan fingerprint density at radius 2 is 1.76 bits per heavy atom. The minimum absolute atomic E-state index is 0.0408. The van der Waals surface area contributed by atoms with Gasteiger partial charge >= 0.3 is 6.18 Å². The van der Waals surface area contributed by atoms with E-state index in [1.807, 2.05) is 12.2 Å². The summed E-state index contributed by atoms with van der Waals surface area (Å²) in [6.45, 7) is 0. The van der Waals surface area contributed by atoms with Crippen LogP contribution in [0.4, 0.5) is 24.5 Å². The average molecular weight is 531 g/mol. The third-order valence-electron chi connectivity index (χ3n) is 6.90. The van der Waals surface area contributed by atoms with E-state index in [0.29, 0.717) is 23.6 Å². The van der Waals surface area contributed by atoms with Crippen LogP contribution in [0.15, 0.2) is 77.7 Å². The average Bonchev–Trinajstić information content (AvgIpc) is 3.38. The summed E-state index contributed by atoms with van der Waals surface area (Å²) in [6, 6.07) is 14.4. The van der Waals surface area contributed by atoms with Crippen LogP contribution in [0.2, 0.25) is 0 Å². The van der Waals surface area contributed by atoms with Gasteiger partial charge in [0.05, 0.1) is 36.4 Å². The highest BCUT2D eigenvalue weighted by molar-refractivity contribution is 7.92. The number of halogens is 3. The van der Waals surface area contributed by atoms with Gasteiger partial charge in [0.15, 0.2) is 0 Å². The van der Waals surface area contributed by atoms with E-state index in [1.165, 1.54) is 32.4 Å². The zero-order valence-electron chi connectivity index (χ0n) is 20.0. The first-order chi connectivity index (χ1) is 17.6. The molecular formula is C27H25F3N2O4S. The van der Waals surface area contributed by atoms with Crippen molar-refractivity contribution in [1.82, 2.24) is 0 Å². The summed E-state index contributed by atoms with van der Waals surface area (Å²) < 4.78 is 80.9. The van der Waals surface area contributed by atoms with Crippen LogP contribution in [0.25, 0.3) is 0 Å². The lowest BCUT2D eigenvalue weighted by Gasteiger charge is -2.38. The molecule has 2 aliphatic rings. The van der Waals surface area contributed by atoms with E-state index in [-0.39, 0.29) is 28.0 Å². The van der Waals surface area contributed by atoms with Crippen LogP contribution in [0, 0.1) is 5.92 Å². The molecule has 10 heteroatoms. The van der Waals surface area contributed by atoms with Gasteiger partial charge in [-0.1, -0.05) is 30.4 Å². The van der Waals surface area contributed by atoms with Crippen LogP contribution in [0.1, 0.15) is 35.1 Å². The summed E-state index contributed by atoms with van der Waals surface area (Å²) in [4.78, 5) is 0.0408. The molecule has 5 rings (SSSR count). The number of anilines is 2. The Morgan fingerprint density at radius 3 is 2.49 bits per heavy atom. The maximum atomic E-state index is 13.8. The van der Waals surface area contributed by atoms with E-state index in [2.05, 4.69) is 10.0 Å². The summed E-state index contributed by atoms with van der Waals surface area (Å²) in [5, 5.41) is 3.27. The van der Waals surface area contributed by atoms with Gasteiger partial charge in [0.2, 0.25) is 0 Å². The van der Waals surface area contributed by atoms with Gasteiger partial charge < -0.3 is 14.8 Å². The number of alkyl halides is 3.